The summed E-state index contributed by atoms with van der Waals surface area (Å²) in [6.45, 7) is 2.06. The van der Waals surface area contributed by atoms with Gasteiger partial charge in [-0.15, -0.1) is 0 Å². The lowest BCUT2D eigenvalue weighted by atomic mass is 9.94. The minimum atomic E-state index is 0.0392. The minimum Gasteiger partial charge on any atom is -0.289 e. The fraction of sp³-hybridized carbons (Fsp3) is 0.0455. The highest BCUT2D eigenvalue weighted by molar-refractivity contribution is 6.32. The van der Waals surface area contributed by atoms with Crippen LogP contribution in [0.4, 0.5) is 0 Å². The van der Waals surface area contributed by atoms with Gasteiger partial charge in [-0.1, -0.05) is 90.5 Å². The molecule has 3 rings (SSSR count). The molecule has 0 unspecified atom stereocenters. The standard InChI is InChI=1S/C22H18O/c1-17-12-14-18(15-13-17)16-21(19-8-4-2-5-9-19)22(23)20-10-6-3-7-11-20/h2-16H,1H3/b21-16+. The molecule has 0 amide bonds. The predicted octanol–water partition coefficient (Wildman–Crippen LogP) is 5.42. The molecule has 1 nitrogen and oxygen atoms in total. The molecule has 112 valence electrons. The van der Waals surface area contributed by atoms with E-state index in [9.17, 15) is 4.79 Å². The first-order valence-electron chi connectivity index (χ1n) is 7.67. The van der Waals surface area contributed by atoms with E-state index in [1.807, 2.05) is 78.9 Å². The molecule has 3 aromatic rings. The zero-order valence-electron chi connectivity index (χ0n) is 13.1. The Morgan fingerprint density at radius 2 is 1.22 bits per heavy atom. The van der Waals surface area contributed by atoms with Gasteiger partial charge in [0.15, 0.2) is 5.78 Å². The lowest BCUT2D eigenvalue weighted by molar-refractivity contribution is 0.105. The molecule has 0 aromatic heterocycles. The molecule has 0 atom stereocenters. The van der Waals surface area contributed by atoms with Crippen LogP contribution in [0.3, 0.4) is 0 Å². The number of aryl methyl sites for hydroxylation is 1. The van der Waals surface area contributed by atoms with Crippen LogP contribution < -0.4 is 0 Å². The molecule has 0 saturated carbocycles. The van der Waals surface area contributed by atoms with Gasteiger partial charge in [-0.05, 0) is 24.1 Å². The number of benzene rings is 3. The monoisotopic (exact) mass is 298 g/mol. The average molecular weight is 298 g/mol. The van der Waals surface area contributed by atoms with Crippen molar-refractivity contribution >= 4 is 17.4 Å². The summed E-state index contributed by atoms with van der Waals surface area (Å²) in [6, 6.07) is 27.4. The Kier molecular flexibility index (Phi) is 4.49. The van der Waals surface area contributed by atoms with E-state index in [-0.39, 0.29) is 5.78 Å². The van der Waals surface area contributed by atoms with E-state index in [1.54, 1.807) is 0 Å². The summed E-state index contributed by atoms with van der Waals surface area (Å²) in [5.41, 5.74) is 4.58. The molecule has 0 radical (unpaired) electrons. The fourth-order valence-electron chi connectivity index (χ4n) is 2.47. The van der Waals surface area contributed by atoms with Gasteiger partial charge >= 0.3 is 0 Å². The van der Waals surface area contributed by atoms with Gasteiger partial charge in [0.25, 0.3) is 0 Å². The number of rotatable bonds is 4. The zero-order valence-corrected chi connectivity index (χ0v) is 13.1. The Balaban J connectivity index is 2.07. The van der Waals surface area contributed by atoms with Crippen LogP contribution in [0, 0.1) is 6.92 Å². The number of carbonyl (C=O) groups is 1. The Morgan fingerprint density at radius 1 is 0.696 bits per heavy atom. The topological polar surface area (TPSA) is 17.1 Å². The van der Waals surface area contributed by atoms with Crippen molar-refractivity contribution in [2.75, 3.05) is 0 Å². The van der Waals surface area contributed by atoms with Crippen LogP contribution >= 0.6 is 0 Å². The number of hydrogen-bond donors (Lipinski definition) is 0. The third kappa shape index (κ3) is 3.64. The van der Waals surface area contributed by atoms with Crippen molar-refractivity contribution in [2.45, 2.75) is 6.92 Å². The molecule has 0 spiro atoms. The van der Waals surface area contributed by atoms with Gasteiger partial charge in [0.2, 0.25) is 0 Å². The maximum Gasteiger partial charge on any atom is 0.193 e. The maximum atomic E-state index is 12.9. The minimum absolute atomic E-state index is 0.0392. The van der Waals surface area contributed by atoms with Crippen molar-refractivity contribution in [3.63, 3.8) is 0 Å². The number of allylic oxidation sites excluding steroid dienone is 1. The van der Waals surface area contributed by atoms with E-state index >= 15 is 0 Å². The lowest BCUT2D eigenvalue weighted by Gasteiger charge is -2.08. The molecule has 23 heavy (non-hydrogen) atoms. The van der Waals surface area contributed by atoms with E-state index in [1.165, 1.54) is 5.56 Å². The van der Waals surface area contributed by atoms with Gasteiger partial charge in [-0.2, -0.15) is 0 Å². The van der Waals surface area contributed by atoms with Crippen LogP contribution in [0.15, 0.2) is 84.9 Å². The third-order valence-electron chi connectivity index (χ3n) is 3.75. The van der Waals surface area contributed by atoms with E-state index in [0.717, 1.165) is 11.1 Å². The van der Waals surface area contributed by atoms with Crippen LogP contribution in [0.5, 0.6) is 0 Å². The Labute approximate surface area is 136 Å². The largest absolute Gasteiger partial charge is 0.289 e. The number of Topliss-reactive ketones (excluding diaryl/α,β-unsaturated/α-hetero) is 1. The molecule has 0 N–H and O–H groups in total. The Morgan fingerprint density at radius 3 is 1.78 bits per heavy atom. The zero-order chi connectivity index (χ0) is 16.1. The molecule has 0 aliphatic carbocycles. The summed E-state index contributed by atoms with van der Waals surface area (Å²) >= 11 is 0. The summed E-state index contributed by atoms with van der Waals surface area (Å²) in [4.78, 5) is 12.9. The SMILES string of the molecule is Cc1ccc(/C=C(/C(=O)c2ccccc2)c2ccccc2)cc1. The van der Waals surface area contributed by atoms with Crippen LogP contribution in [0.2, 0.25) is 0 Å². The number of ketones is 1. The van der Waals surface area contributed by atoms with E-state index < -0.39 is 0 Å². The van der Waals surface area contributed by atoms with Crippen molar-refractivity contribution in [2.24, 2.45) is 0 Å². The van der Waals surface area contributed by atoms with Crippen molar-refractivity contribution in [3.05, 3.63) is 107 Å². The summed E-state index contributed by atoms with van der Waals surface area (Å²) in [5.74, 6) is 0.0392. The first-order valence-corrected chi connectivity index (χ1v) is 7.67. The summed E-state index contributed by atoms with van der Waals surface area (Å²) in [6.07, 6.45) is 1.96. The van der Waals surface area contributed by atoms with Gasteiger partial charge < -0.3 is 0 Å². The highest BCUT2D eigenvalue weighted by Gasteiger charge is 2.14. The molecule has 0 aliphatic rings. The number of carbonyl (C=O) groups excluding carboxylic acids is 1. The van der Waals surface area contributed by atoms with Crippen molar-refractivity contribution in [1.82, 2.24) is 0 Å². The molecule has 3 aromatic carbocycles. The fourth-order valence-corrected chi connectivity index (χ4v) is 2.47. The highest BCUT2D eigenvalue weighted by atomic mass is 16.1. The average Bonchev–Trinajstić information content (AvgIpc) is 2.62. The molecular formula is C22H18O. The molecular weight excluding hydrogens is 280 g/mol. The van der Waals surface area contributed by atoms with Gasteiger partial charge in [0.1, 0.15) is 0 Å². The highest BCUT2D eigenvalue weighted by Crippen LogP contribution is 2.23. The van der Waals surface area contributed by atoms with Crippen LogP contribution in [0.25, 0.3) is 11.6 Å². The van der Waals surface area contributed by atoms with Crippen LogP contribution in [-0.2, 0) is 0 Å². The first kappa shape index (κ1) is 15.0. The van der Waals surface area contributed by atoms with E-state index in [4.69, 9.17) is 0 Å². The maximum absolute atomic E-state index is 12.9. The molecule has 0 heterocycles. The molecule has 0 bridgehead atoms. The second-order valence-corrected chi connectivity index (χ2v) is 5.53. The number of hydrogen-bond acceptors (Lipinski definition) is 1. The predicted molar refractivity (Wildman–Crippen MR) is 96.3 cm³/mol. The third-order valence-corrected chi connectivity index (χ3v) is 3.75. The Hall–Kier alpha value is -2.93. The van der Waals surface area contributed by atoms with Gasteiger partial charge in [0.05, 0.1) is 0 Å². The van der Waals surface area contributed by atoms with Crippen molar-refractivity contribution in [3.8, 4) is 0 Å². The van der Waals surface area contributed by atoms with Gasteiger partial charge in [-0.25, -0.2) is 0 Å². The van der Waals surface area contributed by atoms with E-state index in [2.05, 4.69) is 19.1 Å². The van der Waals surface area contributed by atoms with Gasteiger partial charge in [-0.3, -0.25) is 4.79 Å². The quantitative estimate of drug-likeness (QED) is 0.357. The first-order chi connectivity index (χ1) is 11.2. The molecule has 0 aliphatic heterocycles. The van der Waals surface area contributed by atoms with Crippen molar-refractivity contribution < 1.29 is 4.79 Å². The smallest absolute Gasteiger partial charge is 0.193 e. The second kappa shape index (κ2) is 6.89. The lowest BCUT2D eigenvalue weighted by Crippen LogP contribution is -2.02. The summed E-state index contributed by atoms with van der Waals surface area (Å²) < 4.78 is 0. The normalized spacial score (nSPS) is 11.3. The summed E-state index contributed by atoms with van der Waals surface area (Å²) in [7, 11) is 0. The molecule has 0 fully saturated rings. The molecule has 0 saturated heterocycles. The van der Waals surface area contributed by atoms with Crippen LogP contribution in [-0.4, -0.2) is 5.78 Å². The van der Waals surface area contributed by atoms with E-state index in [0.29, 0.717) is 11.1 Å². The van der Waals surface area contributed by atoms with Crippen LogP contribution in [0.1, 0.15) is 27.0 Å². The molecule has 1 heteroatoms. The second-order valence-electron chi connectivity index (χ2n) is 5.53. The summed E-state index contributed by atoms with van der Waals surface area (Å²) in [5, 5.41) is 0. The Bertz CT molecular complexity index is 813. The van der Waals surface area contributed by atoms with Crippen molar-refractivity contribution in [1.29, 1.82) is 0 Å². The van der Waals surface area contributed by atoms with Gasteiger partial charge in [0, 0.05) is 11.1 Å².